The summed E-state index contributed by atoms with van der Waals surface area (Å²) in [6.45, 7) is 2.05. The first-order valence-electron chi connectivity index (χ1n) is 5.94. The lowest BCUT2D eigenvalue weighted by molar-refractivity contribution is -0.385. The van der Waals surface area contributed by atoms with Crippen LogP contribution in [0.3, 0.4) is 0 Å². The van der Waals surface area contributed by atoms with Crippen molar-refractivity contribution in [3.05, 3.63) is 44.6 Å². The second-order valence-corrected chi connectivity index (χ2v) is 4.72. The van der Waals surface area contributed by atoms with E-state index in [2.05, 4.69) is 15.3 Å². The van der Waals surface area contributed by atoms with Gasteiger partial charge < -0.3 is 16.8 Å². The number of nitrogen functional groups attached to an aromatic ring is 2. The molecule has 0 aliphatic carbocycles. The normalized spacial score (nSPS) is 10.4. The molecule has 0 bridgehead atoms. The summed E-state index contributed by atoms with van der Waals surface area (Å²) in [5, 5.41) is 13.8. The highest BCUT2D eigenvalue weighted by Gasteiger charge is 2.11. The van der Waals surface area contributed by atoms with Crippen LogP contribution in [0, 0.1) is 17.0 Å². The van der Waals surface area contributed by atoms with Crippen LogP contribution in [0.2, 0.25) is 5.15 Å². The number of benzene rings is 1. The number of nitrogens with one attached hydrogen (secondary N) is 1. The van der Waals surface area contributed by atoms with Gasteiger partial charge in [-0.15, -0.1) is 0 Å². The van der Waals surface area contributed by atoms with E-state index >= 15 is 0 Å². The van der Waals surface area contributed by atoms with Crippen LogP contribution in [0.1, 0.15) is 11.1 Å². The van der Waals surface area contributed by atoms with Crippen molar-refractivity contribution in [2.45, 2.75) is 13.5 Å². The predicted molar refractivity (Wildman–Crippen MR) is 81.0 cm³/mol. The maximum Gasteiger partial charge on any atom is 0.272 e. The molecule has 2 aromatic rings. The van der Waals surface area contributed by atoms with E-state index in [0.29, 0.717) is 17.9 Å². The number of aryl methyl sites for hydroxylation is 1. The van der Waals surface area contributed by atoms with E-state index in [1.54, 1.807) is 19.1 Å². The molecule has 21 heavy (non-hydrogen) atoms. The molecule has 0 amide bonds. The Labute approximate surface area is 125 Å². The number of anilines is 3. The molecule has 0 saturated heterocycles. The summed E-state index contributed by atoms with van der Waals surface area (Å²) in [7, 11) is 0. The number of halogens is 1. The Balaban J connectivity index is 2.17. The Bertz CT molecular complexity index is 706. The van der Waals surface area contributed by atoms with Crippen molar-refractivity contribution >= 4 is 34.7 Å². The molecule has 2 rings (SSSR count). The molecule has 8 nitrogen and oxygen atoms in total. The van der Waals surface area contributed by atoms with Crippen molar-refractivity contribution in [1.82, 2.24) is 9.97 Å². The SMILES string of the molecule is Cc1cc(CNc2nc(N)nc(Cl)c2N)ccc1[N+](=O)[O-]. The molecule has 1 heterocycles. The molecule has 1 aromatic carbocycles. The van der Waals surface area contributed by atoms with Crippen LogP contribution < -0.4 is 16.8 Å². The molecule has 0 spiro atoms. The van der Waals surface area contributed by atoms with Crippen LogP contribution in [0.4, 0.5) is 23.1 Å². The van der Waals surface area contributed by atoms with Gasteiger partial charge in [0.1, 0.15) is 5.69 Å². The molecule has 9 heteroatoms. The molecule has 0 aliphatic rings. The summed E-state index contributed by atoms with van der Waals surface area (Å²) in [5.74, 6) is 0.333. The number of aromatic nitrogens is 2. The second kappa shape index (κ2) is 5.80. The number of hydrogen-bond acceptors (Lipinski definition) is 7. The highest BCUT2D eigenvalue weighted by atomic mass is 35.5. The molecule has 0 fully saturated rings. The van der Waals surface area contributed by atoms with E-state index in [-0.39, 0.29) is 22.5 Å². The van der Waals surface area contributed by atoms with Crippen molar-refractivity contribution in [3.63, 3.8) is 0 Å². The van der Waals surface area contributed by atoms with Crippen LogP contribution >= 0.6 is 11.6 Å². The first-order valence-corrected chi connectivity index (χ1v) is 6.32. The third-order valence-corrected chi connectivity index (χ3v) is 3.12. The lowest BCUT2D eigenvalue weighted by atomic mass is 10.1. The van der Waals surface area contributed by atoms with Gasteiger partial charge in [-0.25, -0.2) is 0 Å². The minimum Gasteiger partial charge on any atom is -0.393 e. The summed E-state index contributed by atoms with van der Waals surface area (Å²) >= 11 is 5.81. The number of nitrogens with two attached hydrogens (primary N) is 2. The van der Waals surface area contributed by atoms with Gasteiger partial charge in [-0.1, -0.05) is 17.7 Å². The number of nitro benzene ring substituents is 1. The number of nitro groups is 1. The lowest BCUT2D eigenvalue weighted by Crippen LogP contribution is -2.08. The number of nitrogens with zero attached hydrogens (tertiary/aromatic N) is 3. The highest BCUT2D eigenvalue weighted by Crippen LogP contribution is 2.25. The zero-order valence-corrected chi connectivity index (χ0v) is 11.9. The minimum atomic E-state index is -0.421. The van der Waals surface area contributed by atoms with Gasteiger partial charge in [-0.2, -0.15) is 9.97 Å². The topological polar surface area (TPSA) is 133 Å². The molecule has 5 N–H and O–H groups in total. The molecular formula is C12H13ClN6O2. The average molecular weight is 309 g/mol. The molecule has 0 radical (unpaired) electrons. The van der Waals surface area contributed by atoms with Gasteiger partial charge in [0.15, 0.2) is 11.0 Å². The molecular weight excluding hydrogens is 296 g/mol. The molecule has 1 aromatic heterocycles. The van der Waals surface area contributed by atoms with E-state index in [0.717, 1.165) is 5.56 Å². The third kappa shape index (κ3) is 3.29. The Morgan fingerprint density at radius 2 is 2.10 bits per heavy atom. The predicted octanol–water partition coefficient (Wildman–Crippen LogP) is 2.12. The summed E-state index contributed by atoms with van der Waals surface area (Å²) in [6.07, 6.45) is 0. The first kappa shape index (κ1) is 14.8. The fourth-order valence-corrected chi connectivity index (χ4v) is 1.99. The zero-order chi connectivity index (χ0) is 15.6. The quantitative estimate of drug-likeness (QED) is 0.447. The monoisotopic (exact) mass is 308 g/mol. The van der Waals surface area contributed by atoms with Crippen LogP contribution in [-0.4, -0.2) is 14.9 Å². The first-order chi connectivity index (χ1) is 9.88. The van der Waals surface area contributed by atoms with E-state index < -0.39 is 4.92 Å². The van der Waals surface area contributed by atoms with Gasteiger partial charge >= 0.3 is 0 Å². The van der Waals surface area contributed by atoms with Gasteiger partial charge in [0.25, 0.3) is 5.69 Å². The van der Waals surface area contributed by atoms with E-state index in [1.807, 2.05) is 0 Å². The van der Waals surface area contributed by atoms with Crippen LogP contribution in [0.15, 0.2) is 18.2 Å². The number of rotatable bonds is 4. The van der Waals surface area contributed by atoms with Crippen molar-refractivity contribution < 1.29 is 4.92 Å². The minimum absolute atomic E-state index is 0.0107. The summed E-state index contributed by atoms with van der Waals surface area (Å²) in [4.78, 5) is 18.0. The Hall–Kier alpha value is -2.61. The fraction of sp³-hybridized carbons (Fsp3) is 0.167. The Kier molecular flexibility index (Phi) is 4.08. The summed E-state index contributed by atoms with van der Waals surface area (Å²) in [6, 6.07) is 4.82. The van der Waals surface area contributed by atoms with Crippen LogP contribution in [0.5, 0.6) is 0 Å². The number of hydrogen-bond donors (Lipinski definition) is 3. The standard InChI is InChI=1S/C12H13ClN6O2/c1-6-4-7(2-3-8(6)19(20)21)5-16-11-9(14)10(13)17-12(15)18-11/h2-4H,5,14H2,1H3,(H3,15,16,17,18). The zero-order valence-electron chi connectivity index (χ0n) is 11.1. The van der Waals surface area contributed by atoms with E-state index in [4.69, 9.17) is 23.1 Å². The second-order valence-electron chi connectivity index (χ2n) is 4.37. The fourth-order valence-electron chi connectivity index (χ4n) is 1.81. The van der Waals surface area contributed by atoms with Crippen molar-refractivity contribution in [2.24, 2.45) is 0 Å². The van der Waals surface area contributed by atoms with Crippen LogP contribution in [-0.2, 0) is 6.54 Å². The van der Waals surface area contributed by atoms with Gasteiger partial charge in [0.05, 0.1) is 4.92 Å². The maximum atomic E-state index is 10.8. The highest BCUT2D eigenvalue weighted by molar-refractivity contribution is 6.32. The van der Waals surface area contributed by atoms with E-state index in [1.165, 1.54) is 6.07 Å². The van der Waals surface area contributed by atoms with Crippen LogP contribution in [0.25, 0.3) is 0 Å². The molecule has 0 unspecified atom stereocenters. The smallest absolute Gasteiger partial charge is 0.272 e. The van der Waals surface area contributed by atoms with Gasteiger partial charge in [0.2, 0.25) is 5.95 Å². The molecule has 0 aliphatic heterocycles. The van der Waals surface area contributed by atoms with E-state index in [9.17, 15) is 10.1 Å². The van der Waals surface area contributed by atoms with Gasteiger partial charge in [0, 0.05) is 18.2 Å². The van der Waals surface area contributed by atoms with Gasteiger partial charge in [-0.3, -0.25) is 10.1 Å². The summed E-state index contributed by atoms with van der Waals surface area (Å²) in [5.41, 5.74) is 12.9. The Morgan fingerprint density at radius 3 is 2.71 bits per heavy atom. The molecule has 0 saturated carbocycles. The largest absolute Gasteiger partial charge is 0.393 e. The maximum absolute atomic E-state index is 10.8. The Morgan fingerprint density at radius 1 is 1.38 bits per heavy atom. The third-order valence-electron chi connectivity index (χ3n) is 2.83. The van der Waals surface area contributed by atoms with Crippen molar-refractivity contribution in [1.29, 1.82) is 0 Å². The van der Waals surface area contributed by atoms with Crippen molar-refractivity contribution in [2.75, 3.05) is 16.8 Å². The molecule has 0 atom stereocenters. The van der Waals surface area contributed by atoms with Crippen molar-refractivity contribution in [3.8, 4) is 0 Å². The lowest BCUT2D eigenvalue weighted by Gasteiger charge is -2.10. The molecule has 110 valence electrons. The van der Waals surface area contributed by atoms with Gasteiger partial charge in [-0.05, 0) is 18.6 Å². The average Bonchev–Trinajstić information content (AvgIpc) is 2.40. The summed E-state index contributed by atoms with van der Waals surface area (Å²) < 4.78 is 0.